The second kappa shape index (κ2) is 5.25. The van der Waals surface area contributed by atoms with Crippen LogP contribution in [-0.2, 0) is 11.2 Å². The van der Waals surface area contributed by atoms with E-state index in [1.807, 2.05) is 0 Å². The number of hydrogen-bond donors (Lipinski definition) is 0. The quantitative estimate of drug-likeness (QED) is 0.586. The van der Waals surface area contributed by atoms with Crippen LogP contribution in [0.25, 0.3) is 0 Å². The fourth-order valence-electron chi connectivity index (χ4n) is 1.66. The first-order valence-electron chi connectivity index (χ1n) is 5.30. The molecule has 1 nitrogen and oxygen atoms in total. The Hall–Kier alpha value is -0.120. The Kier molecular flexibility index (Phi) is 4.11. The maximum Gasteiger partial charge on any atom is 0.160 e. The van der Waals surface area contributed by atoms with Gasteiger partial charge in [-0.25, -0.2) is 4.39 Å². The molecular weight excluding hydrogens is 330 g/mol. The number of carbonyl (C=O) groups excluding carboxylic acids is 1. The van der Waals surface area contributed by atoms with Gasteiger partial charge in [-0.3, -0.25) is 4.79 Å². The van der Waals surface area contributed by atoms with Crippen molar-refractivity contribution in [2.75, 3.05) is 0 Å². The first-order valence-corrected chi connectivity index (χ1v) is 6.97. The largest absolute Gasteiger partial charge is 0.298 e. The molecule has 0 bridgehead atoms. The van der Waals surface area contributed by atoms with E-state index in [1.54, 1.807) is 0 Å². The van der Waals surface area contributed by atoms with Gasteiger partial charge in [0.05, 0.1) is 14.9 Å². The van der Waals surface area contributed by atoms with E-state index in [0.29, 0.717) is 6.42 Å². The van der Waals surface area contributed by atoms with E-state index in [4.69, 9.17) is 23.2 Å². The molecule has 0 saturated heterocycles. The van der Waals surface area contributed by atoms with Gasteiger partial charge in [0.15, 0.2) is 5.82 Å². The molecule has 0 aromatic heterocycles. The van der Waals surface area contributed by atoms with Crippen LogP contribution in [0.5, 0.6) is 0 Å². The SMILES string of the molecule is O=C(C(Br)Cc1cc(Cl)c(F)c(Cl)c1)C1CC1. The van der Waals surface area contributed by atoms with Crippen LogP contribution in [0.3, 0.4) is 0 Å². The van der Waals surface area contributed by atoms with Crippen LogP contribution in [0.2, 0.25) is 10.0 Å². The lowest BCUT2D eigenvalue weighted by molar-refractivity contribution is -0.119. The van der Waals surface area contributed by atoms with E-state index in [2.05, 4.69) is 15.9 Å². The van der Waals surface area contributed by atoms with Crippen LogP contribution in [-0.4, -0.2) is 10.6 Å². The highest BCUT2D eigenvalue weighted by Gasteiger charge is 2.33. The van der Waals surface area contributed by atoms with E-state index in [1.165, 1.54) is 12.1 Å². The van der Waals surface area contributed by atoms with Crippen molar-refractivity contribution in [3.63, 3.8) is 0 Å². The summed E-state index contributed by atoms with van der Waals surface area (Å²) in [4.78, 5) is 11.5. The molecule has 0 aliphatic heterocycles. The van der Waals surface area contributed by atoms with Gasteiger partial charge in [-0.15, -0.1) is 0 Å². The van der Waals surface area contributed by atoms with E-state index < -0.39 is 5.82 Å². The molecular formula is C12H10BrCl2FO. The molecule has 17 heavy (non-hydrogen) atoms. The summed E-state index contributed by atoms with van der Waals surface area (Å²) < 4.78 is 13.2. The van der Waals surface area contributed by atoms with Crippen molar-refractivity contribution in [3.8, 4) is 0 Å². The van der Waals surface area contributed by atoms with Crippen LogP contribution < -0.4 is 0 Å². The Morgan fingerprint density at radius 1 is 1.41 bits per heavy atom. The molecule has 1 aliphatic carbocycles. The van der Waals surface area contributed by atoms with Gasteiger partial charge in [-0.2, -0.15) is 0 Å². The van der Waals surface area contributed by atoms with Crippen LogP contribution in [0, 0.1) is 11.7 Å². The molecule has 92 valence electrons. The third-order valence-corrected chi connectivity index (χ3v) is 4.07. The minimum atomic E-state index is -0.614. The average Bonchev–Trinajstić information content (AvgIpc) is 3.08. The molecule has 2 rings (SSSR count). The number of halogens is 4. The highest BCUT2D eigenvalue weighted by molar-refractivity contribution is 9.10. The molecule has 1 saturated carbocycles. The molecule has 0 N–H and O–H groups in total. The van der Waals surface area contributed by atoms with Gasteiger partial charge in [0.25, 0.3) is 0 Å². The summed E-state index contributed by atoms with van der Waals surface area (Å²) >= 11 is 14.8. The van der Waals surface area contributed by atoms with E-state index in [-0.39, 0.29) is 26.6 Å². The van der Waals surface area contributed by atoms with Gasteiger partial charge in [0.2, 0.25) is 0 Å². The number of benzene rings is 1. The molecule has 1 fully saturated rings. The van der Waals surface area contributed by atoms with Crippen molar-refractivity contribution in [2.24, 2.45) is 5.92 Å². The lowest BCUT2D eigenvalue weighted by Crippen LogP contribution is -2.18. The number of Topliss-reactive ketones (excluding diaryl/α,β-unsaturated/α-hetero) is 1. The van der Waals surface area contributed by atoms with Crippen molar-refractivity contribution in [1.29, 1.82) is 0 Å². The second-order valence-electron chi connectivity index (χ2n) is 4.22. The fraction of sp³-hybridized carbons (Fsp3) is 0.417. The Labute approximate surface area is 117 Å². The Morgan fingerprint density at radius 3 is 2.41 bits per heavy atom. The molecule has 5 heteroatoms. The topological polar surface area (TPSA) is 17.1 Å². The molecule has 1 aromatic rings. The van der Waals surface area contributed by atoms with Gasteiger partial charge in [-0.1, -0.05) is 39.1 Å². The summed E-state index contributed by atoms with van der Waals surface area (Å²) in [6, 6.07) is 3.02. The lowest BCUT2D eigenvalue weighted by Gasteiger charge is -2.09. The number of ketones is 1. The zero-order valence-electron chi connectivity index (χ0n) is 8.85. The minimum absolute atomic E-state index is 0.00827. The van der Waals surface area contributed by atoms with Crippen molar-refractivity contribution < 1.29 is 9.18 Å². The monoisotopic (exact) mass is 338 g/mol. The summed E-state index contributed by atoms with van der Waals surface area (Å²) in [6.45, 7) is 0. The molecule has 0 spiro atoms. The fourth-order valence-corrected chi connectivity index (χ4v) is 2.94. The summed E-state index contributed by atoms with van der Waals surface area (Å²) in [6.07, 6.45) is 2.44. The van der Waals surface area contributed by atoms with Gasteiger partial charge in [0.1, 0.15) is 5.78 Å². The predicted molar refractivity (Wildman–Crippen MR) is 70.6 cm³/mol. The zero-order chi connectivity index (χ0) is 12.6. The second-order valence-corrected chi connectivity index (χ2v) is 6.14. The Morgan fingerprint density at radius 2 is 1.94 bits per heavy atom. The molecule has 1 aromatic carbocycles. The molecule has 1 atom stereocenters. The normalized spacial score (nSPS) is 16.9. The van der Waals surface area contributed by atoms with Gasteiger partial charge < -0.3 is 0 Å². The standard InChI is InChI=1S/C12H10BrCl2FO/c13-8(12(17)7-1-2-7)3-6-4-9(14)11(16)10(15)5-6/h4-5,7-8H,1-3H2. The number of hydrogen-bond acceptors (Lipinski definition) is 1. The average molecular weight is 340 g/mol. The van der Waals surface area contributed by atoms with E-state index in [0.717, 1.165) is 18.4 Å². The zero-order valence-corrected chi connectivity index (χ0v) is 11.9. The highest BCUT2D eigenvalue weighted by atomic mass is 79.9. The van der Waals surface area contributed by atoms with Crippen molar-refractivity contribution in [3.05, 3.63) is 33.6 Å². The maximum atomic E-state index is 13.2. The molecule has 0 amide bonds. The van der Waals surface area contributed by atoms with Crippen molar-refractivity contribution in [2.45, 2.75) is 24.1 Å². The summed E-state index contributed by atoms with van der Waals surface area (Å²) in [5, 5.41) is -0.0165. The highest BCUT2D eigenvalue weighted by Crippen LogP contribution is 2.34. The van der Waals surface area contributed by atoms with Crippen LogP contribution in [0.1, 0.15) is 18.4 Å². The van der Waals surface area contributed by atoms with Gasteiger partial charge >= 0.3 is 0 Å². The summed E-state index contributed by atoms with van der Waals surface area (Å²) in [7, 11) is 0. The predicted octanol–water partition coefficient (Wildman–Crippen LogP) is 4.42. The van der Waals surface area contributed by atoms with Crippen LogP contribution in [0.4, 0.5) is 4.39 Å². The first-order chi connectivity index (χ1) is 7.99. The molecule has 1 aliphatic rings. The third kappa shape index (κ3) is 3.21. The van der Waals surface area contributed by atoms with E-state index >= 15 is 0 Å². The smallest absolute Gasteiger partial charge is 0.160 e. The maximum absolute atomic E-state index is 13.2. The van der Waals surface area contributed by atoms with Crippen LogP contribution in [0.15, 0.2) is 12.1 Å². The third-order valence-electron chi connectivity index (χ3n) is 2.75. The van der Waals surface area contributed by atoms with Gasteiger partial charge in [0, 0.05) is 5.92 Å². The minimum Gasteiger partial charge on any atom is -0.298 e. The number of carbonyl (C=O) groups is 1. The molecule has 1 unspecified atom stereocenters. The van der Waals surface area contributed by atoms with E-state index in [9.17, 15) is 9.18 Å². The first kappa shape index (κ1) is 13.3. The lowest BCUT2D eigenvalue weighted by atomic mass is 10.1. The van der Waals surface area contributed by atoms with Crippen molar-refractivity contribution >= 4 is 44.9 Å². The van der Waals surface area contributed by atoms with Gasteiger partial charge in [-0.05, 0) is 37.0 Å². The Balaban J connectivity index is 2.10. The Bertz CT molecular complexity index is 437. The number of rotatable bonds is 4. The van der Waals surface area contributed by atoms with Crippen LogP contribution >= 0.6 is 39.1 Å². The molecule has 0 radical (unpaired) electrons. The summed E-state index contributed by atoms with van der Waals surface area (Å²) in [5.74, 6) is -0.205. The summed E-state index contributed by atoms with van der Waals surface area (Å²) in [5.41, 5.74) is 0.761. The number of alkyl halides is 1. The molecule has 0 heterocycles. The van der Waals surface area contributed by atoms with Crippen molar-refractivity contribution in [1.82, 2.24) is 0 Å².